The molecule has 0 amide bonds. The van der Waals surface area contributed by atoms with Crippen LogP contribution in [0, 0.1) is 15.5 Å². The van der Waals surface area contributed by atoms with Gasteiger partial charge in [-0.3, -0.25) is 10.1 Å². The summed E-state index contributed by atoms with van der Waals surface area (Å²) in [6.07, 6.45) is 3.69. The molecule has 0 aromatic carbocycles. The molecule has 1 aliphatic carbocycles. The number of nitrogens with one attached hydrogen (secondary N) is 1. The Hall–Kier alpha value is -1.85. The van der Waals surface area contributed by atoms with E-state index in [1.54, 1.807) is 6.07 Å². The fourth-order valence-electron chi connectivity index (χ4n) is 1.98. The molecule has 6 heteroatoms. The van der Waals surface area contributed by atoms with Crippen molar-refractivity contribution in [2.75, 3.05) is 17.6 Å². The van der Waals surface area contributed by atoms with Gasteiger partial charge in [-0.1, -0.05) is 13.3 Å². The number of rotatable bonds is 4. The quantitative estimate of drug-likeness (QED) is 0.617. The Morgan fingerprint density at radius 1 is 1.59 bits per heavy atom. The zero-order chi connectivity index (χ0) is 12.5. The van der Waals surface area contributed by atoms with Crippen molar-refractivity contribution in [2.24, 2.45) is 5.41 Å². The van der Waals surface area contributed by atoms with Crippen LogP contribution < -0.4 is 11.1 Å². The van der Waals surface area contributed by atoms with Crippen molar-refractivity contribution in [3.05, 3.63) is 22.2 Å². The van der Waals surface area contributed by atoms with Gasteiger partial charge >= 0.3 is 5.69 Å². The Bertz CT molecular complexity index is 443. The van der Waals surface area contributed by atoms with Crippen LogP contribution in [-0.2, 0) is 0 Å². The fourth-order valence-corrected chi connectivity index (χ4v) is 1.98. The maximum Gasteiger partial charge on any atom is 0.311 e. The molecular formula is C11H16N4O2. The van der Waals surface area contributed by atoms with Crippen molar-refractivity contribution in [1.29, 1.82) is 0 Å². The lowest BCUT2D eigenvalue weighted by Crippen LogP contribution is -2.33. The highest BCUT2D eigenvalue weighted by atomic mass is 16.6. The highest BCUT2D eigenvalue weighted by Crippen LogP contribution is 2.40. The Kier molecular flexibility index (Phi) is 2.87. The van der Waals surface area contributed by atoms with E-state index >= 15 is 0 Å². The number of hydrogen-bond donors (Lipinski definition) is 2. The summed E-state index contributed by atoms with van der Waals surface area (Å²) in [4.78, 5) is 14.0. The number of nitrogen functional groups attached to an aromatic ring is 1. The molecule has 1 saturated carbocycles. The number of anilines is 2. The third kappa shape index (κ3) is 2.46. The first-order chi connectivity index (χ1) is 8.00. The maximum absolute atomic E-state index is 10.6. The van der Waals surface area contributed by atoms with E-state index in [-0.39, 0.29) is 11.5 Å². The number of aromatic nitrogens is 1. The minimum atomic E-state index is -0.528. The van der Waals surface area contributed by atoms with Gasteiger partial charge in [-0.05, 0) is 24.3 Å². The summed E-state index contributed by atoms with van der Waals surface area (Å²) in [5, 5.41) is 13.8. The standard InChI is InChI=1S/C11H16N4O2/c1-11(5-2-6-11)7-13-9-4-3-8(15(16)17)10(12)14-9/h3-4H,2,5-7H2,1H3,(H3,12,13,14). The molecule has 0 spiro atoms. The van der Waals surface area contributed by atoms with Crippen molar-refractivity contribution in [2.45, 2.75) is 26.2 Å². The average molecular weight is 236 g/mol. The van der Waals surface area contributed by atoms with Gasteiger partial charge in [-0.15, -0.1) is 0 Å². The Morgan fingerprint density at radius 3 is 2.76 bits per heavy atom. The normalized spacial score (nSPS) is 17.2. The fraction of sp³-hybridized carbons (Fsp3) is 0.545. The zero-order valence-electron chi connectivity index (χ0n) is 9.77. The van der Waals surface area contributed by atoms with Gasteiger partial charge in [0.25, 0.3) is 0 Å². The number of pyridine rings is 1. The van der Waals surface area contributed by atoms with Gasteiger partial charge in [0.05, 0.1) is 4.92 Å². The zero-order valence-corrected chi connectivity index (χ0v) is 9.77. The molecule has 0 radical (unpaired) electrons. The van der Waals surface area contributed by atoms with E-state index in [1.165, 1.54) is 25.3 Å². The van der Waals surface area contributed by atoms with Gasteiger partial charge in [0.1, 0.15) is 5.82 Å². The third-order valence-electron chi connectivity index (χ3n) is 3.36. The van der Waals surface area contributed by atoms with Crippen LogP contribution >= 0.6 is 0 Å². The van der Waals surface area contributed by atoms with E-state index in [9.17, 15) is 10.1 Å². The third-order valence-corrected chi connectivity index (χ3v) is 3.36. The number of nitrogens with two attached hydrogens (primary N) is 1. The molecule has 0 unspecified atom stereocenters. The van der Waals surface area contributed by atoms with E-state index in [0.717, 1.165) is 6.54 Å². The predicted molar refractivity (Wildman–Crippen MR) is 65.8 cm³/mol. The van der Waals surface area contributed by atoms with Crippen LogP contribution in [0.25, 0.3) is 0 Å². The molecule has 92 valence electrons. The first-order valence-electron chi connectivity index (χ1n) is 5.65. The van der Waals surface area contributed by atoms with E-state index in [2.05, 4.69) is 17.2 Å². The second-order valence-electron chi connectivity index (χ2n) is 4.88. The van der Waals surface area contributed by atoms with Gasteiger partial charge in [0.2, 0.25) is 5.82 Å². The lowest BCUT2D eigenvalue weighted by atomic mass is 9.70. The summed E-state index contributed by atoms with van der Waals surface area (Å²) < 4.78 is 0. The summed E-state index contributed by atoms with van der Waals surface area (Å²) in [7, 11) is 0. The van der Waals surface area contributed by atoms with Gasteiger partial charge in [-0.25, -0.2) is 4.98 Å². The minimum Gasteiger partial charge on any atom is -0.378 e. The summed E-state index contributed by atoms with van der Waals surface area (Å²) in [6.45, 7) is 3.05. The molecule has 1 heterocycles. The molecule has 1 fully saturated rings. The first-order valence-corrected chi connectivity index (χ1v) is 5.65. The molecule has 1 aliphatic rings. The molecule has 0 atom stereocenters. The lowest BCUT2D eigenvalue weighted by Gasteiger charge is -2.38. The van der Waals surface area contributed by atoms with E-state index in [0.29, 0.717) is 11.2 Å². The molecule has 1 aromatic heterocycles. The van der Waals surface area contributed by atoms with Crippen molar-refractivity contribution in [3.8, 4) is 0 Å². The SMILES string of the molecule is CC1(CNc2ccc([N+](=O)[O-])c(N)n2)CCC1. The van der Waals surface area contributed by atoms with Gasteiger partial charge < -0.3 is 11.1 Å². The monoisotopic (exact) mass is 236 g/mol. The molecular weight excluding hydrogens is 220 g/mol. The van der Waals surface area contributed by atoms with Crippen LogP contribution in [-0.4, -0.2) is 16.5 Å². The van der Waals surface area contributed by atoms with Gasteiger partial charge in [0, 0.05) is 12.6 Å². The largest absolute Gasteiger partial charge is 0.378 e. The van der Waals surface area contributed by atoms with Crippen molar-refractivity contribution >= 4 is 17.3 Å². The summed E-state index contributed by atoms with van der Waals surface area (Å²) in [6, 6.07) is 2.98. The number of nitro groups is 1. The predicted octanol–water partition coefficient (Wildman–Crippen LogP) is 2.17. The van der Waals surface area contributed by atoms with E-state index in [4.69, 9.17) is 5.73 Å². The molecule has 6 nitrogen and oxygen atoms in total. The van der Waals surface area contributed by atoms with Crippen LogP contribution in [0.4, 0.5) is 17.3 Å². The Morgan fingerprint density at radius 2 is 2.29 bits per heavy atom. The maximum atomic E-state index is 10.6. The number of hydrogen-bond acceptors (Lipinski definition) is 5. The van der Waals surface area contributed by atoms with Crippen molar-refractivity contribution in [3.63, 3.8) is 0 Å². The van der Waals surface area contributed by atoms with Crippen LogP contribution in [0.15, 0.2) is 12.1 Å². The lowest BCUT2D eigenvalue weighted by molar-refractivity contribution is -0.384. The smallest absolute Gasteiger partial charge is 0.311 e. The average Bonchev–Trinajstić information content (AvgIpc) is 2.23. The second-order valence-corrected chi connectivity index (χ2v) is 4.88. The highest BCUT2D eigenvalue weighted by molar-refractivity contribution is 5.57. The first kappa shape index (κ1) is 11.6. The van der Waals surface area contributed by atoms with Crippen LogP contribution in [0.3, 0.4) is 0 Å². The van der Waals surface area contributed by atoms with Crippen molar-refractivity contribution in [1.82, 2.24) is 4.98 Å². The summed E-state index contributed by atoms with van der Waals surface area (Å²) in [5.41, 5.74) is 5.70. The molecule has 1 aromatic rings. The Balaban J connectivity index is 2.02. The Labute approximate surface area is 99.4 Å². The van der Waals surface area contributed by atoms with Crippen molar-refractivity contribution < 1.29 is 4.92 Å². The number of nitrogens with zero attached hydrogens (tertiary/aromatic N) is 2. The minimum absolute atomic E-state index is 0.0428. The van der Waals surface area contributed by atoms with E-state index in [1.807, 2.05) is 0 Å². The van der Waals surface area contributed by atoms with E-state index < -0.39 is 4.92 Å². The second kappa shape index (κ2) is 4.20. The highest BCUT2D eigenvalue weighted by Gasteiger charge is 2.31. The summed E-state index contributed by atoms with van der Waals surface area (Å²) in [5.74, 6) is 0.556. The van der Waals surface area contributed by atoms with Crippen LogP contribution in [0.5, 0.6) is 0 Å². The molecule has 3 N–H and O–H groups in total. The molecule has 17 heavy (non-hydrogen) atoms. The van der Waals surface area contributed by atoms with Crippen LogP contribution in [0.2, 0.25) is 0 Å². The topological polar surface area (TPSA) is 94.1 Å². The van der Waals surface area contributed by atoms with Gasteiger partial charge in [-0.2, -0.15) is 0 Å². The molecule has 2 rings (SSSR count). The van der Waals surface area contributed by atoms with Gasteiger partial charge in [0.15, 0.2) is 0 Å². The molecule has 0 saturated heterocycles. The summed E-state index contributed by atoms with van der Waals surface area (Å²) >= 11 is 0. The molecule has 0 aliphatic heterocycles. The van der Waals surface area contributed by atoms with Crippen LogP contribution in [0.1, 0.15) is 26.2 Å². The molecule has 0 bridgehead atoms.